The lowest BCUT2D eigenvalue weighted by Gasteiger charge is -2.09. The largest absolute Gasteiger partial charge is 0.311 e. The van der Waals surface area contributed by atoms with E-state index < -0.39 is 0 Å². The Morgan fingerprint density at radius 3 is 3.19 bits per heavy atom. The van der Waals surface area contributed by atoms with Crippen molar-refractivity contribution in [3.63, 3.8) is 0 Å². The average Bonchev–Trinajstić information content (AvgIpc) is 2.73. The smallest absolute Gasteiger partial charge is 0.151 e. The van der Waals surface area contributed by atoms with E-state index in [0.29, 0.717) is 10.7 Å². The van der Waals surface area contributed by atoms with Gasteiger partial charge < -0.3 is 5.32 Å². The summed E-state index contributed by atoms with van der Waals surface area (Å²) in [5.41, 5.74) is 1.45. The quantitative estimate of drug-likeness (QED) is 0.821. The molecular weight excluding hydrogens is 225 g/mol. The molecule has 0 saturated heterocycles. The molecule has 0 unspecified atom stereocenters. The van der Waals surface area contributed by atoms with Crippen LogP contribution in [0, 0.1) is 5.82 Å². The summed E-state index contributed by atoms with van der Waals surface area (Å²) in [7, 11) is 0. The van der Waals surface area contributed by atoms with E-state index in [9.17, 15) is 4.39 Å². The number of pyridine rings is 1. The first-order valence-electron chi connectivity index (χ1n) is 5.15. The van der Waals surface area contributed by atoms with E-state index >= 15 is 0 Å². The number of halogens is 1. The minimum Gasteiger partial charge on any atom is -0.311 e. The van der Waals surface area contributed by atoms with Gasteiger partial charge in [0.15, 0.2) is 5.82 Å². The van der Waals surface area contributed by atoms with Gasteiger partial charge in [-0.25, -0.2) is 9.37 Å². The van der Waals surface area contributed by atoms with Crippen LogP contribution < -0.4 is 5.32 Å². The van der Waals surface area contributed by atoms with Gasteiger partial charge in [-0.05, 0) is 12.1 Å². The molecular formula is C11H10FN3S. The molecule has 3 heterocycles. The number of hydrogen-bond donors (Lipinski definition) is 1. The van der Waals surface area contributed by atoms with Gasteiger partial charge in [-0.1, -0.05) is 0 Å². The molecule has 0 spiro atoms. The molecule has 16 heavy (non-hydrogen) atoms. The Morgan fingerprint density at radius 1 is 1.44 bits per heavy atom. The number of fused-ring (bicyclic) bond motifs is 1. The first-order valence-corrected chi connectivity index (χ1v) is 5.96. The molecule has 0 fully saturated rings. The molecule has 2 aromatic rings. The summed E-state index contributed by atoms with van der Waals surface area (Å²) < 4.78 is 13.5. The molecule has 0 aromatic carbocycles. The Labute approximate surface area is 96.4 Å². The van der Waals surface area contributed by atoms with E-state index in [2.05, 4.69) is 15.3 Å². The Kier molecular flexibility index (Phi) is 2.41. The van der Waals surface area contributed by atoms with E-state index in [1.165, 1.54) is 22.3 Å². The maximum atomic E-state index is 13.5. The van der Waals surface area contributed by atoms with Gasteiger partial charge in [0.1, 0.15) is 10.7 Å². The second kappa shape index (κ2) is 3.92. The van der Waals surface area contributed by atoms with Crippen molar-refractivity contribution in [3.05, 3.63) is 34.7 Å². The molecule has 0 bridgehead atoms. The van der Waals surface area contributed by atoms with Crippen LogP contribution in [0.15, 0.2) is 18.3 Å². The van der Waals surface area contributed by atoms with Crippen LogP contribution in [0.25, 0.3) is 10.7 Å². The highest BCUT2D eigenvalue weighted by molar-refractivity contribution is 7.15. The molecule has 0 amide bonds. The molecule has 3 rings (SSSR count). The van der Waals surface area contributed by atoms with Gasteiger partial charge in [0.25, 0.3) is 0 Å². The first kappa shape index (κ1) is 9.86. The molecule has 1 aliphatic rings. The van der Waals surface area contributed by atoms with Crippen molar-refractivity contribution in [1.29, 1.82) is 0 Å². The van der Waals surface area contributed by atoms with Crippen molar-refractivity contribution in [2.45, 2.75) is 13.0 Å². The monoisotopic (exact) mass is 235 g/mol. The number of rotatable bonds is 1. The molecule has 5 heteroatoms. The van der Waals surface area contributed by atoms with Crippen LogP contribution in [0.4, 0.5) is 4.39 Å². The molecule has 0 atom stereocenters. The zero-order valence-corrected chi connectivity index (χ0v) is 9.35. The molecule has 0 aliphatic carbocycles. The summed E-state index contributed by atoms with van der Waals surface area (Å²) in [6.45, 7) is 1.78. The van der Waals surface area contributed by atoms with Crippen LogP contribution >= 0.6 is 11.3 Å². The minimum atomic E-state index is -0.304. The van der Waals surface area contributed by atoms with Crippen LogP contribution in [0.1, 0.15) is 10.6 Å². The second-order valence-electron chi connectivity index (χ2n) is 3.65. The number of thiazole rings is 1. The Bertz CT molecular complexity index is 500. The van der Waals surface area contributed by atoms with Gasteiger partial charge in [0, 0.05) is 30.6 Å². The van der Waals surface area contributed by atoms with E-state index in [1.54, 1.807) is 12.3 Å². The third-order valence-electron chi connectivity index (χ3n) is 2.56. The van der Waals surface area contributed by atoms with Gasteiger partial charge in [-0.3, -0.25) is 4.98 Å². The van der Waals surface area contributed by atoms with Crippen LogP contribution in [0.5, 0.6) is 0 Å². The molecule has 1 N–H and O–H groups in total. The number of aromatic nitrogens is 2. The SMILES string of the molecule is Fc1cccnc1-c1nc2c(s1)CNCC2. The fourth-order valence-electron chi connectivity index (χ4n) is 1.77. The zero-order valence-electron chi connectivity index (χ0n) is 8.53. The minimum absolute atomic E-state index is 0.304. The Balaban J connectivity index is 2.07. The van der Waals surface area contributed by atoms with E-state index in [-0.39, 0.29) is 5.82 Å². The summed E-state index contributed by atoms with van der Waals surface area (Å²) in [4.78, 5) is 9.70. The summed E-state index contributed by atoms with van der Waals surface area (Å²) in [6.07, 6.45) is 2.51. The zero-order chi connectivity index (χ0) is 11.0. The van der Waals surface area contributed by atoms with Crippen molar-refractivity contribution in [2.24, 2.45) is 0 Å². The highest BCUT2D eigenvalue weighted by Crippen LogP contribution is 2.29. The number of hydrogen-bond acceptors (Lipinski definition) is 4. The Hall–Kier alpha value is -1.33. The van der Waals surface area contributed by atoms with Crippen molar-refractivity contribution in [3.8, 4) is 10.7 Å². The van der Waals surface area contributed by atoms with Crippen LogP contribution in [-0.2, 0) is 13.0 Å². The average molecular weight is 235 g/mol. The summed E-state index contributed by atoms with van der Waals surface area (Å²) in [5, 5.41) is 3.96. The van der Waals surface area contributed by atoms with Gasteiger partial charge in [-0.15, -0.1) is 11.3 Å². The number of nitrogens with zero attached hydrogens (tertiary/aromatic N) is 2. The van der Waals surface area contributed by atoms with Gasteiger partial charge in [-0.2, -0.15) is 0 Å². The second-order valence-corrected chi connectivity index (χ2v) is 4.73. The highest BCUT2D eigenvalue weighted by atomic mass is 32.1. The highest BCUT2D eigenvalue weighted by Gasteiger charge is 2.17. The molecule has 82 valence electrons. The van der Waals surface area contributed by atoms with Crippen molar-refractivity contribution < 1.29 is 4.39 Å². The lowest BCUT2D eigenvalue weighted by atomic mass is 10.2. The lowest BCUT2D eigenvalue weighted by molar-refractivity contribution is 0.625. The van der Waals surface area contributed by atoms with Gasteiger partial charge in [0.2, 0.25) is 0 Å². The fourth-order valence-corrected chi connectivity index (χ4v) is 2.85. The van der Waals surface area contributed by atoms with Crippen LogP contribution in [0.3, 0.4) is 0 Å². The first-order chi connectivity index (χ1) is 7.84. The van der Waals surface area contributed by atoms with Crippen molar-refractivity contribution in [1.82, 2.24) is 15.3 Å². The van der Waals surface area contributed by atoms with Crippen LogP contribution in [-0.4, -0.2) is 16.5 Å². The predicted octanol–water partition coefficient (Wildman–Crippen LogP) is 1.99. The van der Waals surface area contributed by atoms with Gasteiger partial charge in [0.05, 0.1) is 5.69 Å². The Morgan fingerprint density at radius 2 is 2.38 bits per heavy atom. The third-order valence-corrected chi connectivity index (χ3v) is 3.67. The van der Waals surface area contributed by atoms with Crippen LogP contribution in [0.2, 0.25) is 0 Å². The lowest BCUT2D eigenvalue weighted by Crippen LogP contribution is -2.22. The molecule has 2 aromatic heterocycles. The van der Waals surface area contributed by atoms with E-state index in [1.807, 2.05) is 0 Å². The fraction of sp³-hybridized carbons (Fsp3) is 0.273. The summed E-state index contributed by atoms with van der Waals surface area (Å²) in [6, 6.07) is 3.01. The topological polar surface area (TPSA) is 37.8 Å². The molecule has 1 aliphatic heterocycles. The molecule has 0 radical (unpaired) electrons. The maximum absolute atomic E-state index is 13.5. The maximum Gasteiger partial charge on any atom is 0.151 e. The summed E-state index contributed by atoms with van der Waals surface area (Å²) >= 11 is 1.53. The van der Waals surface area contributed by atoms with Gasteiger partial charge >= 0.3 is 0 Å². The summed E-state index contributed by atoms with van der Waals surface area (Å²) in [5.74, 6) is -0.304. The molecule has 3 nitrogen and oxygen atoms in total. The van der Waals surface area contributed by atoms with Crippen molar-refractivity contribution >= 4 is 11.3 Å². The number of nitrogens with one attached hydrogen (secondary N) is 1. The van der Waals surface area contributed by atoms with Crippen molar-refractivity contribution in [2.75, 3.05) is 6.54 Å². The standard InChI is InChI=1S/C11H10FN3S/c12-7-2-1-4-14-10(7)11-15-8-3-5-13-6-9(8)16-11/h1-2,4,13H,3,5-6H2. The predicted molar refractivity (Wildman–Crippen MR) is 60.7 cm³/mol. The third kappa shape index (κ3) is 1.62. The normalized spacial score (nSPS) is 14.8. The van der Waals surface area contributed by atoms with E-state index in [0.717, 1.165) is 25.2 Å². The molecule has 0 saturated carbocycles. The van der Waals surface area contributed by atoms with E-state index in [4.69, 9.17) is 0 Å².